The van der Waals surface area contributed by atoms with Crippen LogP contribution in [0.25, 0.3) is 0 Å². The minimum atomic E-state index is -0.510. The number of rotatable bonds is 8. The van der Waals surface area contributed by atoms with Crippen LogP contribution in [0.2, 0.25) is 0 Å². The number of hydrogen-bond acceptors (Lipinski definition) is 4. The molecule has 20 heavy (non-hydrogen) atoms. The Morgan fingerprint density at radius 3 is 2.70 bits per heavy atom. The first-order chi connectivity index (χ1) is 9.54. The molecule has 0 radical (unpaired) electrons. The standard InChI is InChI=1S/C14H21N3O2S/c1-2-3-6-10(15)14(19)17-11-7-4-5-8-12(11)20-9-13(16)18/h4-5,7-8,10H,2-3,6,9,15H2,1H3,(H2,16,18)(H,17,19). The zero-order valence-corrected chi connectivity index (χ0v) is 12.4. The summed E-state index contributed by atoms with van der Waals surface area (Å²) in [4.78, 5) is 23.6. The van der Waals surface area contributed by atoms with Crippen molar-refractivity contribution in [2.45, 2.75) is 37.1 Å². The lowest BCUT2D eigenvalue weighted by atomic mass is 10.1. The molecule has 5 nitrogen and oxygen atoms in total. The molecule has 0 aromatic heterocycles. The Kier molecular flexibility index (Phi) is 7.11. The van der Waals surface area contributed by atoms with Crippen LogP contribution < -0.4 is 16.8 Å². The van der Waals surface area contributed by atoms with Crippen molar-refractivity contribution < 1.29 is 9.59 Å². The molecule has 1 unspecified atom stereocenters. The number of hydrogen-bond donors (Lipinski definition) is 3. The maximum atomic E-state index is 12.0. The van der Waals surface area contributed by atoms with Crippen LogP contribution in [0.3, 0.4) is 0 Å². The van der Waals surface area contributed by atoms with Crippen molar-refractivity contribution >= 4 is 29.3 Å². The fourth-order valence-corrected chi connectivity index (χ4v) is 2.37. The highest BCUT2D eigenvalue weighted by atomic mass is 32.2. The lowest BCUT2D eigenvalue weighted by Gasteiger charge is -2.14. The van der Waals surface area contributed by atoms with Gasteiger partial charge in [-0.05, 0) is 18.6 Å². The second kappa shape index (κ2) is 8.60. The number of anilines is 1. The second-order valence-corrected chi connectivity index (χ2v) is 5.51. The third kappa shape index (κ3) is 5.63. The van der Waals surface area contributed by atoms with Gasteiger partial charge in [0.15, 0.2) is 0 Å². The van der Waals surface area contributed by atoms with Crippen molar-refractivity contribution in [2.24, 2.45) is 11.5 Å². The quantitative estimate of drug-likeness (QED) is 0.636. The Bertz CT molecular complexity index is 465. The highest BCUT2D eigenvalue weighted by molar-refractivity contribution is 8.00. The number of nitrogens with two attached hydrogens (primary N) is 2. The largest absolute Gasteiger partial charge is 0.369 e. The SMILES string of the molecule is CCCCC(N)C(=O)Nc1ccccc1SCC(N)=O. The number of carbonyl (C=O) groups excluding carboxylic acids is 2. The third-order valence-corrected chi connectivity index (χ3v) is 3.82. The molecule has 1 aromatic rings. The summed E-state index contributed by atoms with van der Waals surface area (Å²) in [6, 6.07) is 6.77. The zero-order chi connectivity index (χ0) is 15.0. The molecule has 0 heterocycles. The van der Waals surface area contributed by atoms with Crippen LogP contribution in [0.5, 0.6) is 0 Å². The third-order valence-electron chi connectivity index (χ3n) is 2.72. The molecule has 1 aromatic carbocycles. The number of thioether (sulfide) groups is 1. The van der Waals surface area contributed by atoms with Gasteiger partial charge in [0.25, 0.3) is 0 Å². The van der Waals surface area contributed by atoms with Gasteiger partial charge in [0.2, 0.25) is 11.8 Å². The minimum absolute atomic E-state index is 0.175. The molecule has 0 aliphatic heterocycles. The Balaban J connectivity index is 2.66. The molecule has 110 valence electrons. The van der Waals surface area contributed by atoms with Crippen LogP contribution in [0.4, 0.5) is 5.69 Å². The summed E-state index contributed by atoms with van der Waals surface area (Å²) in [7, 11) is 0. The summed E-state index contributed by atoms with van der Waals surface area (Å²) in [5, 5.41) is 2.81. The van der Waals surface area contributed by atoms with Crippen molar-refractivity contribution in [3.8, 4) is 0 Å². The van der Waals surface area contributed by atoms with Gasteiger partial charge >= 0.3 is 0 Å². The molecule has 5 N–H and O–H groups in total. The molecule has 6 heteroatoms. The normalized spacial score (nSPS) is 11.9. The summed E-state index contributed by atoms with van der Waals surface area (Å²) < 4.78 is 0. The van der Waals surface area contributed by atoms with E-state index in [1.165, 1.54) is 11.8 Å². The van der Waals surface area contributed by atoms with Gasteiger partial charge in [-0.2, -0.15) is 0 Å². The number of carbonyl (C=O) groups is 2. The van der Waals surface area contributed by atoms with E-state index < -0.39 is 11.9 Å². The van der Waals surface area contributed by atoms with Gasteiger partial charge in [-0.15, -0.1) is 11.8 Å². The molecule has 0 aliphatic carbocycles. The van der Waals surface area contributed by atoms with Crippen molar-refractivity contribution in [2.75, 3.05) is 11.1 Å². The molecule has 1 rings (SSSR count). The van der Waals surface area contributed by atoms with Gasteiger partial charge in [0, 0.05) is 4.90 Å². The number of para-hydroxylation sites is 1. The average molecular weight is 295 g/mol. The smallest absolute Gasteiger partial charge is 0.241 e. The number of nitrogens with one attached hydrogen (secondary N) is 1. The summed E-state index contributed by atoms with van der Waals surface area (Å²) in [5.41, 5.74) is 11.6. The average Bonchev–Trinajstić information content (AvgIpc) is 2.43. The maximum Gasteiger partial charge on any atom is 0.241 e. The molecule has 2 amide bonds. The highest BCUT2D eigenvalue weighted by Gasteiger charge is 2.14. The van der Waals surface area contributed by atoms with Gasteiger partial charge in [-0.3, -0.25) is 9.59 Å². The molecular formula is C14H21N3O2S. The van der Waals surface area contributed by atoms with Gasteiger partial charge in [-0.1, -0.05) is 31.9 Å². The Morgan fingerprint density at radius 1 is 1.35 bits per heavy atom. The summed E-state index contributed by atoms with van der Waals surface area (Å²) in [5.74, 6) is -0.421. The van der Waals surface area contributed by atoms with E-state index in [4.69, 9.17) is 11.5 Å². The van der Waals surface area contributed by atoms with E-state index in [9.17, 15) is 9.59 Å². The van der Waals surface area contributed by atoms with E-state index in [1.54, 1.807) is 6.07 Å². The number of amides is 2. The first-order valence-electron chi connectivity index (χ1n) is 6.61. The van der Waals surface area contributed by atoms with Gasteiger partial charge < -0.3 is 16.8 Å². The first-order valence-corrected chi connectivity index (χ1v) is 7.59. The van der Waals surface area contributed by atoms with Crippen LogP contribution in [-0.2, 0) is 9.59 Å². The second-order valence-electron chi connectivity index (χ2n) is 4.49. The fourth-order valence-electron chi connectivity index (χ4n) is 1.63. The zero-order valence-electron chi connectivity index (χ0n) is 11.6. The van der Waals surface area contributed by atoms with E-state index >= 15 is 0 Å². The van der Waals surface area contributed by atoms with Gasteiger partial charge in [0.1, 0.15) is 0 Å². The van der Waals surface area contributed by atoms with Gasteiger partial charge in [-0.25, -0.2) is 0 Å². The van der Waals surface area contributed by atoms with Crippen molar-refractivity contribution in [3.63, 3.8) is 0 Å². The molecule has 0 fully saturated rings. The summed E-state index contributed by atoms with van der Waals surface area (Å²) >= 11 is 1.30. The minimum Gasteiger partial charge on any atom is -0.369 e. The molecule has 0 saturated heterocycles. The van der Waals surface area contributed by atoms with Crippen LogP contribution in [0, 0.1) is 0 Å². The van der Waals surface area contributed by atoms with Crippen molar-refractivity contribution in [1.29, 1.82) is 0 Å². The number of benzene rings is 1. The molecule has 0 bridgehead atoms. The molecule has 0 saturated carbocycles. The lowest BCUT2D eigenvalue weighted by Crippen LogP contribution is -2.35. The van der Waals surface area contributed by atoms with E-state index in [1.807, 2.05) is 18.2 Å². The number of primary amides is 1. The fraction of sp³-hybridized carbons (Fsp3) is 0.429. The van der Waals surface area contributed by atoms with E-state index in [0.717, 1.165) is 17.7 Å². The summed E-state index contributed by atoms with van der Waals surface area (Å²) in [6.45, 7) is 2.06. The Hall–Kier alpha value is -1.53. The predicted molar refractivity (Wildman–Crippen MR) is 82.5 cm³/mol. The van der Waals surface area contributed by atoms with Crippen LogP contribution in [0.1, 0.15) is 26.2 Å². The monoisotopic (exact) mass is 295 g/mol. The predicted octanol–water partition coefficient (Wildman–Crippen LogP) is 1.72. The first kappa shape index (κ1) is 16.5. The number of unbranched alkanes of at least 4 members (excludes halogenated alkanes) is 1. The highest BCUT2D eigenvalue weighted by Crippen LogP contribution is 2.26. The Labute approximate surface area is 123 Å². The lowest BCUT2D eigenvalue weighted by molar-refractivity contribution is -0.117. The van der Waals surface area contributed by atoms with E-state index in [0.29, 0.717) is 12.1 Å². The van der Waals surface area contributed by atoms with Gasteiger partial charge in [0.05, 0.1) is 17.5 Å². The van der Waals surface area contributed by atoms with Crippen LogP contribution >= 0.6 is 11.8 Å². The molecule has 0 spiro atoms. The summed E-state index contributed by atoms with van der Waals surface area (Å²) in [6.07, 6.45) is 2.59. The Morgan fingerprint density at radius 2 is 2.05 bits per heavy atom. The van der Waals surface area contributed by atoms with Crippen molar-refractivity contribution in [1.82, 2.24) is 0 Å². The molecular weight excluding hydrogens is 274 g/mol. The topological polar surface area (TPSA) is 98.2 Å². The van der Waals surface area contributed by atoms with E-state index in [2.05, 4.69) is 12.2 Å². The van der Waals surface area contributed by atoms with Crippen molar-refractivity contribution in [3.05, 3.63) is 24.3 Å². The van der Waals surface area contributed by atoms with Crippen LogP contribution in [0.15, 0.2) is 29.2 Å². The molecule has 0 aliphatic rings. The molecule has 1 atom stereocenters. The van der Waals surface area contributed by atoms with E-state index in [-0.39, 0.29) is 11.7 Å². The maximum absolute atomic E-state index is 12.0. The van der Waals surface area contributed by atoms with Crippen LogP contribution in [-0.4, -0.2) is 23.6 Å².